The molecule has 0 radical (unpaired) electrons. The summed E-state index contributed by atoms with van der Waals surface area (Å²) in [6, 6.07) is 8.67. The lowest BCUT2D eigenvalue weighted by atomic mass is 10.1. The maximum atomic E-state index is 11.0. The maximum absolute atomic E-state index is 11.0. The van der Waals surface area contributed by atoms with E-state index in [9.17, 15) is 9.90 Å². The predicted octanol–water partition coefficient (Wildman–Crippen LogP) is 0.743. The second-order valence-corrected chi connectivity index (χ2v) is 2.03. The van der Waals surface area contributed by atoms with Gasteiger partial charge in [-0.1, -0.05) is 30.3 Å². The molecule has 0 spiro atoms. The van der Waals surface area contributed by atoms with Crippen LogP contribution < -0.4 is 5.11 Å². The van der Waals surface area contributed by atoms with Crippen LogP contribution >= 0.6 is 0 Å². The highest BCUT2D eigenvalue weighted by Gasteiger charge is 1.96. The highest BCUT2D eigenvalue weighted by Crippen LogP contribution is 1.99. The van der Waals surface area contributed by atoms with Gasteiger partial charge in [-0.25, -0.2) is 0 Å². The maximum Gasteiger partial charge on any atom is 0.184 e. The average Bonchev–Trinajstić information content (AvgIpc) is 2.07. The number of hydrogen-bond donors (Lipinski definition) is 0. The minimum absolute atomic E-state index is 0.249. The topological polar surface area (TPSA) is 40.1 Å². The van der Waals surface area contributed by atoms with Crippen LogP contribution in [0, 0.1) is 0 Å². The summed E-state index contributed by atoms with van der Waals surface area (Å²) in [5.41, 5.74) is 0.541. The summed E-state index contributed by atoms with van der Waals surface area (Å²) in [7, 11) is 0. The number of carbonyl (C=O) groups excluding carboxylic acids is 1. The minimum atomic E-state index is -0.249. The van der Waals surface area contributed by atoms with Crippen LogP contribution in [-0.2, 0) is 0 Å². The Morgan fingerprint density at radius 1 is 1.27 bits per heavy atom. The van der Waals surface area contributed by atoms with Crippen molar-refractivity contribution in [2.75, 3.05) is 0 Å². The lowest BCUT2D eigenvalue weighted by molar-refractivity contribution is -0.274. The van der Waals surface area contributed by atoms with Gasteiger partial charge in [0.2, 0.25) is 0 Å². The first-order valence-electron chi connectivity index (χ1n) is 3.22. The van der Waals surface area contributed by atoms with Crippen molar-refractivity contribution in [1.29, 1.82) is 0 Å². The van der Waals surface area contributed by atoms with E-state index in [4.69, 9.17) is 0 Å². The molecule has 0 N–H and O–H groups in total. The molecule has 0 saturated carbocycles. The van der Waals surface area contributed by atoms with Gasteiger partial charge >= 0.3 is 0 Å². The molecule has 0 aliphatic heterocycles. The molecule has 0 amide bonds. The van der Waals surface area contributed by atoms with E-state index in [0.29, 0.717) is 11.8 Å². The fourth-order valence-electron chi connectivity index (χ4n) is 0.760. The number of carbonyl (C=O) groups is 1. The van der Waals surface area contributed by atoms with Gasteiger partial charge in [0.05, 0.1) is 0 Å². The number of rotatable bonds is 2. The highest BCUT2D eigenvalue weighted by molar-refractivity contribution is 6.04. The zero-order valence-corrected chi connectivity index (χ0v) is 5.86. The van der Waals surface area contributed by atoms with E-state index in [1.165, 1.54) is 0 Å². The third-order valence-electron chi connectivity index (χ3n) is 1.28. The van der Waals surface area contributed by atoms with Crippen molar-refractivity contribution >= 4 is 5.78 Å². The molecule has 11 heavy (non-hydrogen) atoms. The summed E-state index contributed by atoms with van der Waals surface area (Å²) in [4.78, 5) is 11.0. The van der Waals surface area contributed by atoms with E-state index in [-0.39, 0.29) is 5.78 Å². The fraction of sp³-hybridized carbons (Fsp3) is 0. The molecule has 0 aliphatic rings. The Morgan fingerprint density at radius 2 is 1.91 bits per heavy atom. The van der Waals surface area contributed by atoms with Gasteiger partial charge in [0.1, 0.15) is 0 Å². The Hall–Kier alpha value is -1.57. The van der Waals surface area contributed by atoms with Gasteiger partial charge in [-0.05, 0) is 6.08 Å². The van der Waals surface area contributed by atoms with Crippen LogP contribution in [0.1, 0.15) is 10.4 Å². The minimum Gasteiger partial charge on any atom is -0.878 e. The van der Waals surface area contributed by atoms with E-state index in [1.807, 2.05) is 6.07 Å². The van der Waals surface area contributed by atoms with Crippen molar-refractivity contribution in [3.05, 3.63) is 48.2 Å². The van der Waals surface area contributed by atoms with Crippen LogP contribution in [-0.4, -0.2) is 5.78 Å². The molecule has 56 valence electrons. The summed E-state index contributed by atoms with van der Waals surface area (Å²) >= 11 is 0. The molecule has 1 aromatic rings. The first kappa shape index (κ1) is 7.54. The van der Waals surface area contributed by atoms with E-state index in [2.05, 4.69) is 0 Å². The predicted molar refractivity (Wildman–Crippen MR) is 39.9 cm³/mol. The summed E-state index contributed by atoms with van der Waals surface area (Å²) in [5.74, 6) is -0.249. The van der Waals surface area contributed by atoms with Crippen molar-refractivity contribution < 1.29 is 9.90 Å². The van der Waals surface area contributed by atoms with Gasteiger partial charge in [-0.15, -0.1) is 6.26 Å². The van der Waals surface area contributed by atoms with E-state index in [1.54, 1.807) is 24.3 Å². The molecule has 1 rings (SSSR count). The largest absolute Gasteiger partial charge is 0.878 e. The standard InChI is InChI=1S/C9H8O2/c10-7-6-9(11)8-4-2-1-3-5-8/h1-7,10H/p-1/b7-6-. The van der Waals surface area contributed by atoms with E-state index >= 15 is 0 Å². The quantitative estimate of drug-likeness (QED) is 0.351. The van der Waals surface area contributed by atoms with Gasteiger partial charge in [0.25, 0.3) is 0 Å². The smallest absolute Gasteiger partial charge is 0.184 e. The summed E-state index contributed by atoms with van der Waals surface area (Å²) in [6.45, 7) is 0. The third-order valence-corrected chi connectivity index (χ3v) is 1.28. The first-order chi connectivity index (χ1) is 5.34. The molecule has 0 heterocycles. The van der Waals surface area contributed by atoms with Crippen LogP contribution in [0.3, 0.4) is 0 Å². The van der Waals surface area contributed by atoms with Gasteiger partial charge in [-0.3, -0.25) is 4.79 Å². The molecule has 0 atom stereocenters. The van der Waals surface area contributed by atoms with Gasteiger partial charge in [-0.2, -0.15) is 0 Å². The molecule has 0 aromatic heterocycles. The van der Waals surface area contributed by atoms with Crippen molar-refractivity contribution in [2.24, 2.45) is 0 Å². The van der Waals surface area contributed by atoms with Crippen LogP contribution in [0.25, 0.3) is 0 Å². The first-order valence-corrected chi connectivity index (χ1v) is 3.22. The van der Waals surface area contributed by atoms with Crippen molar-refractivity contribution in [3.8, 4) is 0 Å². The number of hydrogen-bond acceptors (Lipinski definition) is 2. The second-order valence-electron chi connectivity index (χ2n) is 2.03. The lowest BCUT2D eigenvalue weighted by Gasteiger charge is -1.94. The van der Waals surface area contributed by atoms with Crippen LogP contribution in [0.4, 0.5) is 0 Å². The SMILES string of the molecule is O=C(/C=C\[O-])c1ccccc1. The highest BCUT2D eigenvalue weighted by atomic mass is 16.2. The number of benzene rings is 1. The van der Waals surface area contributed by atoms with Crippen molar-refractivity contribution in [1.82, 2.24) is 0 Å². The van der Waals surface area contributed by atoms with Gasteiger partial charge in [0.15, 0.2) is 5.78 Å². The fourth-order valence-corrected chi connectivity index (χ4v) is 0.760. The number of allylic oxidation sites excluding steroid dienone is 1. The molecule has 2 nitrogen and oxygen atoms in total. The molecule has 0 saturated heterocycles. The molecule has 1 aromatic carbocycles. The molecule has 2 heteroatoms. The van der Waals surface area contributed by atoms with Gasteiger partial charge in [0, 0.05) is 5.56 Å². The monoisotopic (exact) mass is 147 g/mol. The van der Waals surface area contributed by atoms with Crippen LogP contribution in [0.2, 0.25) is 0 Å². The zero-order valence-electron chi connectivity index (χ0n) is 5.86. The molecule has 0 fully saturated rings. The van der Waals surface area contributed by atoms with E-state index < -0.39 is 0 Å². The van der Waals surface area contributed by atoms with E-state index in [0.717, 1.165) is 6.08 Å². The van der Waals surface area contributed by atoms with Crippen molar-refractivity contribution in [3.63, 3.8) is 0 Å². The van der Waals surface area contributed by atoms with Crippen LogP contribution in [0.5, 0.6) is 0 Å². The summed E-state index contributed by atoms with van der Waals surface area (Å²) < 4.78 is 0. The molecular weight excluding hydrogens is 140 g/mol. The Morgan fingerprint density at radius 3 is 2.45 bits per heavy atom. The normalized spacial score (nSPS) is 10.2. The van der Waals surface area contributed by atoms with Gasteiger partial charge < -0.3 is 5.11 Å². The van der Waals surface area contributed by atoms with Crippen LogP contribution in [0.15, 0.2) is 42.7 Å². The molecular formula is C9H7O2-. The Bertz CT molecular complexity index is 262. The molecule has 0 aliphatic carbocycles. The Labute approximate surface area is 64.8 Å². The number of ketones is 1. The summed E-state index contributed by atoms with van der Waals surface area (Å²) in [6.07, 6.45) is 1.50. The molecule has 0 bridgehead atoms. The summed E-state index contributed by atoms with van der Waals surface area (Å²) in [5, 5.41) is 9.91. The van der Waals surface area contributed by atoms with Crippen molar-refractivity contribution in [2.45, 2.75) is 0 Å². The third kappa shape index (κ3) is 1.93. The molecule has 0 unspecified atom stereocenters. The Balaban J connectivity index is 2.86. The zero-order chi connectivity index (χ0) is 8.10. The second kappa shape index (κ2) is 3.56. The lowest BCUT2D eigenvalue weighted by Crippen LogP contribution is -1.96. The Kier molecular flexibility index (Phi) is 2.44. The average molecular weight is 147 g/mol.